The van der Waals surface area contributed by atoms with Crippen LogP contribution in [0.4, 0.5) is 0 Å². The van der Waals surface area contributed by atoms with Crippen LogP contribution in [0.15, 0.2) is 30.3 Å². The molecular formula is C18H30N2. The van der Waals surface area contributed by atoms with E-state index in [0.29, 0.717) is 12.1 Å². The lowest BCUT2D eigenvalue weighted by molar-refractivity contribution is 0.182. The molecule has 1 N–H and O–H groups in total. The van der Waals surface area contributed by atoms with Gasteiger partial charge in [-0.1, -0.05) is 43.7 Å². The van der Waals surface area contributed by atoms with Gasteiger partial charge in [0.1, 0.15) is 0 Å². The first-order valence-electron chi connectivity index (χ1n) is 8.20. The first-order valence-corrected chi connectivity index (χ1v) is 8.20. The van der Waals surface area contributed by atoms with E-state index in [-0.39, 0.29) is 0 Å². The average molecular weight is 274 g/mol. The first-order chi connectivity index (χ1) is 9.70. The predicted molar refractivity (Wildman–Crippen MR) is 86.9 cm³/mol. The number of hydrogen-bond donors (Lipinski definition) is 1. The monoisotopic (exact) mass is 274 g/mol. The van der Waals surface area contributed by atoms with Crippen molar-refractivity contribution in [3.05, 3.63) is 35.9 Å². The van der Waals surface area contributed by atoms with E-state index in [0.717, 1.165) is 5.92 Å². The Kier molecular flexibility index (Phi) is 6.06. The molecule has 1 saturated heterocycles. The minimum Gasteiger partial charge on any atom is -0.307 e. The summed E-state index contributed by atoms with van der Waals surface area (Å²) in [5.41, 5.74) is 1.44. The molecule has 2 atom stereocenters. The maximum atomic E-state index is 3.90. The van der Waals surface area contributed by atoms with Crippen molar-refractivity contribution in [2.75, 3.05) is 20.1 Å². The maximum absolute atomic E-state index is 3.90. The molecule has 1 aliphatic rings. The predicted octanol–water partition coefficient (Wildman–Crippen LogP) is 3.85. The summed E-state index contributed by atoms with van der Waals surface area (Å²) in [6.45, 7) is 7.15. The molecule has 0 aliphatic carbocycles. The topological polar surface area (TPSA) is 15.3 Å². The highest BCUT2D eigenvalue weighted by atomic mass is 15.1. The fraction of sp³-hybridized carbons (Fsp3) is 0.667. The second-order valence-corrected chi connectivity index (χ2v) is 6.35. The molecule has 112 valence electrons. The summed E-state index contributed by atoms with van der Waals surface area (Å²) in [6, 6.07) is 12.0. The lowest BCUT2D eigenvalue weighted by atomic mass is 9.89. The number of hydrogen-bond acceptors (Lipinski definition) is 2. The molecule has 0 aromatic heterocycles. The van der Waals surface area contributed by atoms with Crippen molar-refractivity contribution < 1.29 is 0 Å². The van der Waals surface area contributed by atoms with Crippen LogP contribution >= 0.6 is 0 Å². The van der Waals surface area contributed by atoms with Gasteiger partial charge in [-0.15, -0.1) is 0 Å². The van der Waals surface area contributed by atoms with Gasteiger partial charge in [0.05, 0.1) is 0 Å². The highest BCUT2D eigenvalue weighted by Gasteiger charge is 2.24. The van der Waals surface area contributed by atoms with Crippen molar-refractivity contribution >= 4 is 0 Å². The number of benzene rings is 1. The van der Waals surface area contributed by atoms with E-state index in [4.69, 9.17) is 0 Å². The van der Waals surface area contributed by atoms with E-state index in [2.05, 4.69) is 61.4 Å². The Labute approximate surface area is 124 Å². The summed E-state index contributed by atoms with van der Waals surface area (Å²) in [7, 11) is 2.23. The van der Waals surface area contributed by atoms with Gasteiger partial charge in [-0.05, 0) is 57.8 Å². The average Bonchev–Trinajstić information content (AvgIpc) is 2.48. The van der Waals surface area contributed by atoms with E-state index < -0.39 is 0 Å². The lowest BCUT2D eigenvalue weighted by Gasteiger charge is -2.35. The van der Waals surface area contributed by atoms with Gasteiger partial charge in [-0.3, -0.25) is 0 Å². The summed E-state index contributed by atoms with van der Waals surface area (Å²) in [5, 5.41) is 3.90. The van der Waals surface area contributed by atoms with E-state index in [9.17, 15) is 0 Å². The normalized spacial score (nSPS) is 20.8. The standard InChI is InChI=1S/C18H30N2/c1-4-8-18(17-9-6-5-7-10-17)19-15(2)16-11-13-20(3)14-12-16/h5-7,9-10,15-16,18-19H,4,8,11-14H2,1-3H3. The molecular weight excluding hydrogens is 244 g/mol. The van der Waals surface area contributed by atoms with Crippen molar-refractivity contribution in [2.45, 2.75) is 51.6 Å². The molecule has 0 saturated carbocycles. The van der Waals surface area contributed by atoms with Gasteiger partial charge in [0, 0.05) is 12.1 Å². The Bertz CT molecular complexity index is 368. The summed E-state index contributed by atoms with van der Waals surface area (Å²) < 4.78 is 0. The van der Waals surface area contributed by atoms with Gasteiger partial charge in [0.25, 0.3) is 0 Å². The molecule has 2 rings (SSSR count). The molecule has 1 heterocycles. The van der Waals surface area contributed by atoms with Crippen molar-refractivity contribution in [3.8, 4) is 0 Å². The summed E-state index contributed by atoms with van der Waals surface area (Å²) in [6.07, 6.45) is 5.12. The zero-order chi connectivity index (χ0) is 14.4. The SMILES string of the molecule is CCCC(NC(C)C1CCN(C)CC1)c1ccccc1. The van der Waals surface area contributed by atoms with Crippen molar-refractivity contribution in [3.63, 3.8) is 0 Å². The van der Waals surface area contributed by atoms with Crippen LogP contribution in [0.25, 0.3) is 0 Å². The zero-order valence-corrected chi connectivity index (χ0v) is 13.3. The van der Waals surface area contributed by atoms with Gasteiger partial charge in [0.2, 0.25) is 0 Å². The van der Waals surface area contributed by atoms with Gasteiger partial charge in [0.15, 0.2) is 0 Å². The molecule has 2 heteroatoms. The quantitative estimate of drug-likeness (QED) is 0.847. The highest BCUT2D eigenvalue weighted by Crippen LogP contribution is 2.24. The number of nitrogens with zero attached hydrogens (tertiary/aromatic N) is 1. The number of rotatable bonds is 6. The third-order valence-corrected chi connectivity index (χ3v) is 4.71. The minimum absolute atomic E-state index is 0.510. The van der Waals surface area contributed by atoms with Crippen LogP contribution in [0, 0.1) is 5.92 Å². The molecule has 0 radical (unpaired) electrons. The molecule has 1 fully saturated rings. The van der Waals surface area contributed by atoms with Gasteiger partial charge in [-0.25, -0.2) is 0 Å². The Balaban J connectivity index is 1.94. The van der Waals surface area contributed by atoms with Crippen LogP contribution in [0.1, 0.15) is 51.1 Å². The van der Waals surface area contributed by atoms with Crippen LogP contribution in [0.5, 0.6) is 0 Å². The van der Waals surface area contributed by atoms with Crippen molar-refractivity contribution in [1.29, 1.82) is 0 Å². The largest absolute Gasteiger partial charge is 0.307 e. The van der Waals surface area contributed by atoms with E-state index in [1.54, 1.807) is 0 Å². The van der Waals surface area contributed by atoms with E-state index >= 15 is 0 Å². The fourth-order valence-corrected chi connectivity index (χ4v) is 3.30. The van der Waals surface area contributed by atoms with E-state index in [1.165, 1.54) is 44.3 Å². The van der Waals surface area contributed by atoms with Crippen LogP contribution < -0.4 is 5.32 Å². The smallest absolute Gasteiger partial charge is 0.0322 e. The molecule has 0 spiro atoms. The number of piperidine rings is 1. The zero-order valence-electron chi connectivity index (χ0n) is 13.3. The first kappa shape index (κ1) is 15.5. The second-order valence-electron chi connectivity index (χ2n) is 6.35. The third kappa shape index (κ3) is 4.32. The molecule has 0 amide bonds. The van der Waals surface area contributed by atoms with Gasteiger partial charge >= 0.3 is 0 Å². The highest BCUT2D eigenvalue weighted by molar-refractivity contribution is 5.19. The molecule has 1 aromatic carbocycles. The minimum atomic E-state index is 0.510. The molecule has 1 aromatic rings. The van der Waals surface area contributed by atoms with Crippen LogP contribution in [0.3, 0.4) is 0 Å². The van der Waals surface area contributed by atoms with Gasteiger partial charge in [-0.2, -0.15) is 0 Å². The van der Waals surface area contributed by atoms with Gasteiger partial charge < -0.3 is 10.2 Å². The number of nitrogens with one attached hydrogen (secondary N) is 1. The molecule has 2 unspecified atom stereocenters. The Morgan fingerprint density at radius 1 is 1.20 bits per heavy atom. The Hall–Kier alpha value is -0.860. The summed E-state index contributed by atoms with van der Waals surface area (Å²) >= 11 is 0. The molecule has 2 nitrogen and oxygen atoms in total. The number of likely N-dealkylation sites (tertiary alicyclic amines) is 1. The second kappa shape index (κ2) is 7.80. The maximum Gasteiger partial charge on any atom is 0.0322 e. The van der Waals surface area contributed by atoms with Crippen molar-refractivity contribution in [2.24, 2.45) is 5.92 Å². The van der Waals surface area contributed by atoms with Crippen LogP contribution in [-0.4, -0.2) is 31.1 Å². The third-order valence-electron chi connectivity index (χ3n) is 4.71. The van der Waals surface area contributed by atoms with Crippen molar-refractivity contribution in [1.82, 2.24) is 10.2 Å². The lowest BCUT2D eigenvalue weighted by Crippen LogP contribution is -2.42. The molecule has 0 bridgehead atoms. The fourth-order valence-electron chi connectivity index (χ4n) is 3.30. The molecule has 20 heavy (non-hydrogen) atoms. The van der Waals surface area contributed by atoms with Crippen LogP contribution in [0.2, 0.25) is 0 Å². The Morgan fingerprint density at radius 3 is 2.45 bits per heavy atom. The van der Waals surface area contributed by atoms with E-state index in [1.807, 2.05) is 0 Å². The Morgan fingerprint density at radius 2 is 1.85 bits per heavy atom. The summed E-state index contributed by atoms with van der Waals surface area (Å²) in [4.78, 5) is 2.45. The molecule has 1 aliphatic heterocycles. The van der Waals surface area contributed by atoms with Crippen LogP contribution in [-0.2, 0) is 0 Å². The summed E-state index contributed by atoms with van der Waals surface area (Å²) in [5.74, 6) is 0.828.